The Morgan fingerprint density at radius 3 is 2.16 bits per heavy atom. The Balaban J connectivity index is 1.74. The van der Waals surface area contributed by atoms with E-state index in [0.29, 0.717) is 5.75 Å². The number of aromatic nitrogens is 1. The molecule has 2 aromatic carbocycles. The highest BCUT2D eigenvalue weighted by molar-refractivity contribution is 5.98. The molecular formula is C30H33N3O4. The summed E-state index contributed by atoms with van der Waals surface area (Å²) in [5.41, 5.74) is 5.69. The van der Waals surface area contributed by atoms with Crippen LogP contribution in [0.25, 0.3) is 11.1 Å². The predicted octanol–water partition coefficient (Wildman–Crippen LogP) is 5.45. The van der Waals surface area contributed by atoms with Gasteiger partial charge in [0.1, 0.15) is 12.4 Å². The number of amides is 2. The fraction of sp³-hybridized carbons (Fsp3) is 0.233. The average molecular weight is 500 g/mol. The van der Waals surface area contributed by atoms with Crippen molar-refractivity contribution in [2.24, 2.45) is 0 Å². The molecule has 0 spiro atoms. The molecule has 0 bridgehead atoms. The number of carbonyl (C=O) groups is 2. The summed E-state index contributed by atoms with van der Waals surface area (Å²) in [5, 5.41) is 9.45. The standard InChI is InChI=1S/C30H33N3O4/c1-4-27(23-9-6-5-7-10-23)29(25-16-18-31-19-17-25)24-12-14-26(15-13-24)37-22-21-33(30(35)36)20-8-11-28(34)32(2)3/h5-19H,4,20-22H2,1-3H3,(H,35,36). The van der Waals surface area contributed by atoms with Crippen molar-refractivity contribution in [3.8, 4) is 5.75 Å². The summed E-state index contributed by atoms with van der Waals surface area (Å²) in [7, 11) is 3.28. The van der Waals surface area contributed by atoms with Gasteiger partial charge in [0.25, 0.3) is 0 Å². The van der Waals surface area contributed by atoms with Crippen LogP contribution >= 0.6 is 0 Å². The zero-order valence-electron chi connectivity index (χ0n) is 21.5. The second-order valence-corrected chi connectivity index (χ2v) is 8.55. The van der Waals surface area contributed by atoms with E-state index in [1.165, 1.54) is 33.1 Å². The van der Waals surface area contributed by atoms with E-state index in [9.17, 15) is 14.7 Å². The summed E-state index contributed by atoms with van der Waals surface area (Å²) in [4.78, 5) is 30.0. The number of rotatable bonds is 11. The molecule has 192 valence electrons. The van der Waals surface area contributed by atoms with Gasteiger partial charge in [0, 0.05) is 39.1 Å². The quantitative estimate of drug-likeness (QED) is 0.280. The molecule has 3 aromatic rings. The van der Waals surface area contributed by atoms with Crippen molar-refractivity contribution in [2.45, 2.75) is 13.3 Å². The topological polar surface area (TPSA) is 83.0 Å². The molecule has 7 heteroatoms. The van der Waals surface area contributed by atoms with Crippen LogP contribution in [0, 0.1) is 0 Å². The van der Waals surface area contributed by atoms with Gasteiger partial charge in [0.15, 0.2) is 0 Å². The van der Waals surface area contributed by atoms with Crippen molar-refractivity contribution in [3.63, 3.8) is 0 Å². The van der Waals surface area contributed by atoms with Gasteiger partial charge in [0.05, 0.1) is 6.54 Å². The van der Waals surface area contributed by atoms with Gasteiger partial charge in [0.2, 0.25) is 5.91 Å². The van der Waals surface area contributed by atoms with Crippen LogP contribution in [-0.4, -0.2) is 65.7 Å². The minimum Gasteiger partial charge on any atom is -0.492 e. The number of hydrogen-bond donors (Lipinski definition) is 1. The molecule has 0 atom stereocenters. The SMILES string of the molecule is CCC(=C(c1ccncc1)c1ccc(OCCN(CC=CC(=O)N(C)C)C(=O)O)cc1)c1ccccc1. The Bertz CT molecular complexity index is 1220. The number of carbonyl (C=O) groups excluding carboxylic acids is 1. The first-order valence-electron chi connectivity index (χ1n) is 12.2. The number of likely N-dealkylation sites (N-methyl/N-ethyl adjacent to an activating group) is 1. The second kappa shape index (κ2) is 13.6. The highest BCUT2D eigenvalue weighted by Gasteiger charge is 2.14. The maximum Gasteiger partial charge on any atom is 0.407 e. The predicted molar refractivity (Wildman–Crippen MR) is 146 cm³/mol. The number of nitrogens with zero attached hydrogens (tertiary/aromatic N) is 3. The van der Waals surface area contributed by atoms with Crippen molar-refractivity contribution in [1.29, 1.82) is 0 Å². The Morgan fingerprint density at radius 2 is 1.57 bits per heavy atom. The van der Waals surface area contributed by atoms with Crippen LogP contribution in [0.4, 0.5) is 4.79 Å². The molecular weight excluding hydrogens is 466 g/mol. The smallest absolute Gasteiger partial charge is 0.407 e. The van der Waals surface area contributed by atoms with Crippen LogP contribution in [0.3, 0.4) is 0 Å². The molecule has 1 heterocycles. The van der Waals surface area contributed by atoms with Crippen LogP contribution in [0.2, 0.25) is 0 Å². The monoisotopic (exact) mass is 499 g/mol. The van der Waals surface area contributed by atoms with Crippen LogP contribution in [0.5, 0.6) is 5.75 Å². The molecule has 0 aliphatic carbocycles. The summed E-state index contributed by atoms with van der Waals surface area (Å²) in [6, 6.07) is 22.2. The number of pyridine rings is 1. The maximum absolute atomic E-state index is 11.6. The molecule has 0 aliphatic rings. The van der Waals surface area contributed by atoms with Gasteiger partial charge >= 0.3 is 6.09 Å². The van der Waals surface area contributed by atoms with Crippen LogP contribution in [0.1, 0.15) is 30.0 Å². The molecule has 0 unspecified atom stereocenters. The number of carboxylic acid groups (broad SMARTS) is 1. The highest BCUT2D eigenvalue weighted by atomic mass is 16.5. The molecule has 2 amide bonds. The lowest BCUT2D eigenvalue weighted by Gasteiger charge is -2.18. The Labute approximate surface area is 218 Å². The van der Waals surface area contributed by atoms with Gasteiger partial charge in [-0.25, -0.2) is 4.79 Å². The van der Waals surface area contributed by atoms with Crippen molar-refractivity contribution in [2.75, 3.05) is 33.8 Å². The fourth-order valence-electron chi connectivity index (χ4n) is 3.88. The van der Waals surface area contributed by atoms with Crippen LogP contribution in [-0.2, 0) is 4.79 Å². The molecule has 1 aromatic heterocycles. The van der Waals surface area contributed by atoms with Gasteiger partial charge in [-0.3, -0.25) is 9.78 Å². The van der Waals surface area contributed by atoms with Gasteiger partial charge in [-0.2, -0.15) is 0 Å². The molecule has 0 saturated heterocycles. The van der Waals surface area contributed by atoms with E-state index in [1.54, 1.807) is 26.5 Å². The molecule has 0 radical (unpaired) electrons. The van der Waals surface area contributed by atoms with E-state index in [4.69, 9.17) is 4.74 Å². The van der Waals surface area contributed by atoms with Crippen LogP contribution in [0.15, 0.2) is 91.3 Å². The Kier molecular flexibility index (Phi) is 10.0. The largest absolute Gasteiger partial charge is 0.492 e. The molecule has 0 fully saturated rings. The highest BCUT2D eigenvalue weighted by Crippen LogP contribution is 2.34. The van der Waals surface area contributed by atoms with Crippen molar-refractivity contribution >= 4 is 23.1 Å². The first-order chi connectivity index (χ1) is 17.9. The molecule has 0 saturated carbocycles. The van der Waals surface area contributed by atoms with Gasteiger partial charge < -0.3 is 19.6 Å². The third-order valence-electron chi connectivity index (χ3n) is 5.82. The van der Waals surface area contributed by atoms with Gasteiger partial charge in [-0.1, -0.05) is 55.5 Å². The summed E-state index contributed by atoms with van der Waals surface area (Å²) in [6.45, 7) is 2.63. The maximum atomic E-state index is 11.6. The lowest BCUT2D eigenvalue weighted by Crippen LogP contribution is -2.33. The summed E-state index contributed by atoms with van der Waals surface area (Å²) < 4.78 is 5.83. The first-order valence-corrected chi connectivity index (χ1v) is 12.2. The van der Waals surface area contributed by atoms with Crippen LogP contribution < -0.4 is 4.74 Å². The van der Waals surface area contributed by atoms with E-state index in [1.807, 2.05) is 54.6 Å². The average Bonchev–Trinajstić information content (AvgIpc) is 2.92. The Hall–Kier alpha value is -4.39. The summed E-state index contributed by atoms with van der Waals surface area (Å²) in [5.74, 6) is 0.458. The zero-order valence-corrected chi connectivity index (χ0v) is 21.5. The van der Waals surface area contributed by atoms with Crippen molar-refractivity contribution in [1.82, 2.24) is 14.8 Å². The third kappa shape index (κ3) is 7.80. The lowest BCUT2D eigenvalue weighted by molar-refractivity contribution is -0.123. The normalized spacial score (nSPS) is 11.6. The molecule has 37 heavy (non-hydrogen) atoms. The summed E-state index contributed by atoms with van der Waals surface area (Å²) in [6.07, 6.45) is 6.29. The Morgan fingerprint density at radius 1 is 0.919 bits per heavy atom. The van der Waals surface area contributed by atoms with E-state index >= 15 is 0 Å². The van der Waals surface area contributed by atoms with E-state index in [-0.39, 0.29) is 25.6 Å². The second-order valence-electron chi connectivity index (χ2n) is 8.55. The molecule has 0 aliphatic heterocycles. The molecule has 1 N–H and O–H groups in total. The third-order valence-corrected chi connectivity index (χ3v) is 5.82. The number of allylic oxidation sites excluding steroid dienone is 1. The van der Waals surface area contributed by atoms with E-state index in [2.05, 4.69) is 24.0 Å². The minimum absolute atomic E-state index is 0.108. The number of ether oxygens (including phenoxy) is 1. The van der Waals surface area contributed by atoms with Crippen molar-refractivity contribution in [3.05, 3.63) is 108 Å². The van der Waals surface area contributed by atoms with Gasteiger partial charge in [-0.15, -0.1) is 0 Å². The lowest BCUT2D eigenvalue weighted by atomic mass is 9.88. The number of benzene rings is 2. The zero-order chi connectivity index (χ0) is 26.6. The first kappa shape index (κ1) is 27.2. The molecule has 3 rings (SSSR count). The number of hydrogen-bond acceptors (Lipinski definition) is 4. The van der Waals surface area contributed by atoms with E-state index < -0.39 is 6.09 Å². The molecule has 7 nitrogen and oxygen atoms in total. The fourth-order valence-corrected chi connectivity index (χ4v) is 3.88. The van der Waals surface area contributed by atoms with Gasteiger partial charge in [-0.05, 0) is 58.5 Å². The minimum atomic E-state index is -1.07. The summed E-state index contributed by atoms with van der Waals surface area (Å²) >= 11 is 0. The van der Waals surface area contributed by atoms with Crippen molar-refractivity contribution < 1.29 is 19.4 Å². The van der Waals surface area contributed by atoms with E-state index in [0.717, 1.165) is 23.1 Å².